The minimum absolute atomic E-state index is 0.207. The summed E-state index contributed by atoms with van der Waals surface area (Å²) in [6.45, 7) is 7.40. The molecule has 4 heteroatoms. The first-order valence-corrected chi connectivity index (χ1v) is 8.63. The van der Waals surface area contributed by atoms with Crippen LogP contribution in [0, 0.1) is 12.8 Å². The molecule has 2 rings (SSSR count). The first kappa shape index (κ1) is 18.0. The monoisotopic (exact) mass is 318 g/mol. The van der Waals surface area contributed by atoms with Gasteiger partial charge in [0.05, 0.1) is 0 Å². The summed E-state index contributed by atoms with van der Waals surface area (Å²) in [6.07, 6.45) is 2.11. The van der Waals surface area contributed by atoms with E-state index in [9.17, 15) is 4.79 Å². The third-order valence-electron chi connectivity index (χ3n) is 4.75. The van der Waals surface area contributed by atoms with E-state index < -0.39 is 0 Å². The van der Waals surface area contributed by atoms with Crippen LogP contribution in [-0.2, 0) is 9.53 Å². The molecule has 4 nitrogen and oxygen atoms in total. The molecule has 1 aliphatic heterocycles. The van der Waals surface area contributed by atoms with E-state index in [-0.39, 0.29) is 11.9 Å². The van der Waals surface area contributed by atoms with Gasteiger partial charge < -0.3 is 9.64 Å². The van der Waals surface area contributed by atoms with Gasteiger partial charge in [0.15, 0.2) is 0 Å². The molecule has 1 aliphatic rings. The number of benzene rings is 1. The number of carbonyl (C=O) groups excluding carboxylic acids is 1. The molecule has 1 atom stereocenters. The van der Waals surface area contributed by atoms with E-state index in [1.165, 1.54) is 5.56 Å². The topological polar surface area (TPSA) is 32.8 Å². The molecule has 1 aromatic rings. The molecular formula is C19H30N2O2. The average molecular weight is 318 g/mol. The first-order chi connectivity index (χ1) is 11.0. The molecule has 0 radical (unpaired) electrons. The number of hydrogen-bond acceptors (Lipinski definition) is 3. The summed E-state index contributed by atoms with van der Waals surface area (Å²) >= 11 is 0. The van der Waals surface area contributed by atoms with Gasteiger partial charge >= 0.3 is 0 Å². The Balaban J connectivity index is 2.16. The van der Waals surface area contributed by atoms with Crippen LogP contribution in [-0.4, -0.2) is 56.1 Å². The molecule has 0 bridgehead atoms. The van der Waals surface area contributed by atoms with Crippen molar-refractivity contribution < 1.29 is 9.53 Å². The smallest absolute Gasteiger partial charge is 0.244 e. The number of likely N-dealkylation sites (N-methyl/N-ethyl adjacent to an activating group) is 2. The lowest BCUT2D eigenvalue weighted by atomic mass is 9.96. The van der Waals surface area contributed by atoms with Crippen LogP contribution in [0.15, 0.2) is 24.3 Å². The second-order valence-electron chi connectivity index (χ2n) is 6.66. The van der Waals surface area contributed by atoms with Crippen LogP contribution in [0.2, 0.25) is 0 Å². The van der Waals surface area contributed by atoms with Crippen LogP contribution in [0.25, 0.3) is 0 Å². The van der Waals surface area contributed by atoms with Gasteiger partial charge in [-0.25, -0.2) is 0 Å². The van der Waals surface area contributed by atoms with E-state index in [2.05, 4.69) is 26.0 Å². The van der Waals surface area contributed by atoms with Crippen molar-refractivity contribution in [3.63, 3.8) is 0 Å². The fourth-order valence-corrected chi connectivity index (χ4v) is 3.31. The second-order valence-corrected chi connectivity index (χ2v) is 6.66. The van der Waals surface area contributed by atoms with Gasteiger partial charge in [0.1, 0.15) is 6.04 Å². The van der Waals surface area contributed by atoms with E-state index in [0.717, 1.165) is 44.7 Å². The molecule has 0 spiro atoms. The predicted octanol–water partition coefficient (Wildman–Crippen LogP) is 2.87. The maximum atomic E-state index is 13.2. The van der Waals surface area contributed by atoms with E-state index in [1.54, 1.807) is 0 Å². The molecule has 0 aliphatic carbocycles. The largest absolute Gasteiger partial charge is 0.381 e. The van der Waals surface area contributed by atoms with Crippen molar-refractivity contribution >= 4 is 5.91 Å². The zero-order valence-electron chi connectivity index (χ0n) is 14.9. The summed E-state index contributed by atoms with van der Waals surface area (Å²) < 4.78 is 5.43. The van der Waals surface area contributed by atoms with Crippen LogP contribution in [0.4, 0.5) is 0 Å². The number of nitrogens with zero attached hydrogens (tertiary/aromatic N) is 2. The number of ether oxygens (including phenoxy) is 1. The van der Waals surface area contributed by atoms with Crippen molar-refractivity contribution in [1.82, 2.24) is 9.80 Å². The van der Waals surface area contributed by atoms with Crippen LogP contribution in [0.5, 0.6) is 0 Å². The Labute approximate surface area is 140 Å². The Morgan fingerprint density at radius 1 is 1.26 bits per heavy atom. The quantitative estimate of drug-likeness (QED) is 0.808. The van der Waals surface area contributed by atoms with Crippen molar-refractivity contribution in [3.8, 4) is 0 Å². The maximum absolute atomic E-state index is 13.2. The van der Waals surface area contributed by atoms with E-state index in [0.29, 0.717) is 5.92 Å². The highest BCUT2D eigenvalue weighted by Gasteiger charge is 2.29. The van der Waals surface area contributed by atoms with E-state index in [4.69, 9.17) is 4.74 Å². The molecule has 0 N–H and O–H groups in total. The third-order valence-corrected chi connectivity index (χ3v) is 4.75. The molecule has 1 saturated heterocycles. The molecule has 1 unspecified atom stereocenters. The number of aryl methyl sites for hydroxylation is 1. The Kier molecular flexibility index (Phi) is 6.60. The summed E-state index contributed by atoms with van der Waals surface area (Å²) in [5.74, 6) is 0.769. The van der Waals surface area contributed by atoms with Crippen LogP contribution in [0.1, 0.15) is 36.9 Å². The molecular weight excluding hydrogens is 288 g/mol. The van der Waals surface area contributed by atoms with Crippen LogP contribution >= 0.6 is 0 Å². The van der Waals surface area contributed by atoms with Crippen molar-refractivity contribution in [2.24, 2.45) is 5.92 Å². The fraction of sp³-hybridized carbons (Fsp3) is 0.632. The summed E-state index contributed by atoms with van der Waals surface area (Å²) in [6, 6.07) is 7.97. The number of rotatable bonds is 6. The molecule has 1 fully saturated rings. The number of hydrogen-bond donors (Lipinski definition) is 0. The van der Waals surface area contributed by atoms with Crippen LogP contribution in [0.3, 0.4) is 0 Å². The van der Waals surface area contributed by atoms with Gasteiger partial charge in [0.25, 0.3) is 0 Å². The molecule has 1 aromatic carbocycles. The lowest BCUT2D eigenvalue weighted by molar-refractivity contribution is -0.137. The van der Waals surface area contributed by atoms with E-state index >= 15 is 0 Å². The van der Waals surface area contributed by atoms with Gasteiger partial charge in [-0.2, -0.15) is 0 Å². The zero-order chi connectivity index (χ0) is 16.8. The Morgan fingerprint density at radius 3 is 2.48 bits per heavy atom. The third kappa shape index (κ3) is 4.55. The van der Waals surface area contributed by atoms with Crippen molar-refractivity contribution in [3.05, 3.63) is 35.4 Å². The summed E-state index contributed by atoms with van der Waals surface area (Å²) in [5, 5.41) is 0. The Hall–Kier alpha value is -1.39. The highest BCUT2D eigenvalue weighted by atomic mass is 16.5. The molecule has 128 valence electrons. The summed E-state index contributed by atoms with van der Waals surface area (Å²) in [4.78, 5) is 17.2. The Bertz CT molecular complexity index is 510. The van der Waals surface area contributed by atoms with Gasteiger partial charge in [0.2, 0.25) is 5.91 Å². The van der Waals surface area contributed by atoms with Gasteiger partial charge in [0, 0.05) is 26.3 Å². The van der Waals surface area contributed by atoms with Gasteiger partial charge in [-0.15, -0.1) is 0 Å². The van der Waals surface area contributed by atoms with Crippen molar-refractivity contribution in [1.29, 1.82) is 0 Å². The number of amides is 1. The van der Waals surface area contributed by atoms with Gasteiger partial charge in [-0.05, 0) is 57.8 Å². The maximum Gasteiger partial charge on any atom is 0.244 e. The van der Waals surface area contributed by atoms with Crippen molar-refractivity contribution in [2.45, 2.75) is 32.7 Å². The summed E-state index contributed by atoms with van der Waals surface area (Å²) in [7, 11) is 3.97. The molecule has 1 heterocycles. The standard InChI is InChI=1S/C19H30N2O2/c1-5-21(14-16-10-12-23-13-11-16)19(22)18(20(3)4)17-9-7-6-8-15(17)2/h6-9,16,18H,5,10-14H2,1-4H3. The minimum atomic E-state index is -0.212. The lowest BCUT2D eigenvalue weighted by Gasteiger charge is -2.34. The van der Waals surface area contributed by atoms with Gasteiger partial charge in [-0.1, -0.05) is 24.3 Å². The van der Waals surface area contributed by atoms with E-state index in [1.807, 2.05) is 36.0 Å². The first-order valence-electron chi connectivity index (χ1n) is 8.63. The van der Waals surface area contributed by atoms with Gasteiger partial charge in [-0.3, -0.25) is 9.69 Å². The van der Waals surface area contributed by atoms with Crippen molar-refractivity contribution in [2.75, 3.05) is 40.4 Å². The molecule has 23 heavy (non-hydrogen) atoms. The fourth-order valence-electron chi connectivity index (χ4n) is 3.31. The second kappa shape index (κ2) is 8.46. The SMILES string of the molecule is CCN(CC1CCOCC1)C(=O)C(c1ccccc1C)N(C)C. The predicted molar refractivity (Wildman–Crippen MR) is 93.4 cm³/mol. The molecule has 1 amide bonds. The van der Waals surface area contributed by atoms with Crippen LogP contribution < -0.4 is 0 Å². The summed E-state index contributed by atoms with van der Waals surface area (Å²) in [5.41, 5.74) is 2.27. The molecule has 0 saturated carbocycles. The Morgan fingerprint density at radius 2 is 1.91 bits per heavy atom. The average Bonchev–Trinajstić information content (AvgIpc) is 2.55. The highest BCUT2D eigenvalue weighted by Crippen LogP contribution is 2.25. The number of carbonyl (C=O) groups is 1. The normalized spacial score (nSPS) is 17.3. The lowest BCUT2D eigenvalue weighted by Crippen LogP contribution is -2.43. The highest BCUT2D eigenvalue weighted by molar-refractivity contribution is 5.83. The zero-order valence-corrected chi connectivity index (χ0v) is 14.9. The molecule has 0 aromatic heterocycles. The minimum Gasteiger partial charge on any atom is -0.381 e.